The summed E-state index contributed by atoms with van der Waals surface area (Å²) in [6, 6.07) is 16.6. The molecule has 5 nitrogen and oxygen atoms in total. The minimum absolute atomic E-state index is 0.103. The maximum Gasteiger partial charge on any atom is 0.241 e. The van der Waals surface area contributed by atoms with Crippen molar-refractivity contribution < 1.29 is 9.59 Å². The van der Waals surface area contributed by atoms with Crippen LogP contribution in [0.3, 0.4) is 0 Å². The van der Waals surface area contributed by atoms with Gasteiger partial charge in [-0.3, -0.25) is 9.59 Å². The number of para-hydroxylation sites is 1. The first-order valence-corrected chi connectivity index (χ1v) is 8.63. The van der Waals surface area contributed by atoms with Gasteiger partial charge in [-0.05, 0) is 30.0 Å². The number of carbonyl (C=O) groups excluding carboxylic acids is 2. The van der Waals surface area contributed by atoms with E-state index in [0.29, 0.717) is 19.4 Å². The number of rotatable bonds is 6. The second-order valence-electron chi connectivity index (χ2n) is 6.21. The summed E-state index contributed by atoms with van der Waals surface area (Å²) in [4.78, 5) is 26.3. The number of fused-ring (bicyclic) bond motifs is 1. The van der Waals surface area contributed by atoms with Crippen molar-refractivity contribution in [1.29, 1.82) is 0 Å². The van der Waals surface area contributed by atoms with Gasteiger partial charge in [-0.25, -0.2) is 0 Å². The molecule has 1 heterocycles. The third-order valence-corrected chi connectivity index (χ3v) is 4.50. The molecule has 1 atom stereocenters. The van der Waals surface area contributed by atoms with Crippen LogP contribution in [0.25, 0.3) is 0 Å². The summed E-state index contributed by atoms with van der Waals surface area (Å²) in [6.07, 6.45) is 1.92. The van der Waals surface area contributed by atoms with E-state index < -0.39 is 6.04 Å². The van der Waals surface area contributed by atoms with Gasteiger partial charge in [-0.1, -0.05) is 48.5 Å². The summed E-state index contributed by atoms with van der Waals surface area (Å²) >= 11 is 0. The smallest absolute Gasteiger partial charge is 0.241 e. The summed E-state index contributed by atoms with van der Waals surface area (Å²) < 4.78 is 0. The van der Waals surface area contributed by atoms with Gasteiger partial charge in [0.1, 0.15) is 6.04 Å². The summed E-state index contributed by atoms with van der Waals surface area (Å²) in [6.45, 7) is 1.18. The minimum atomic E-state index is -0.678. The highest BCUT2D eigenvalue weighted by Crippen LogP contribution is 2.27. The van der Waals surface area contributed by atoms with Gasteiger partial charge in [0.2, 0.25) is 11.8 Å². The van der Waals surface area contributed by atoms with E-state index in [4.69, 9.17) is 5.73 Å². The Morgan fingerprint density at radius 1 is 1.08 bits per heavy atom. The van der Waals surface area contributed by atoms with Gasteiger partial charge < -0.3 is 16.0 Å². The lowest BCUT2D eigenvalue weighted by atomic mass is 10.1. The van der Waals surface area contributed by atoms with Gasteiger partial charge in [0.15, 0.2) is 0 Å². The summed E-state index contributed by atoms with van der Waals surface area (Å²) in [5.41, 5.74) is 8.96. The second-order valence-corrected chi connectivity index (χ2v) is 6.21. The number of nitrogens with zero attached hydrogens (tertiary/aromatic N) is 1. The normalized spacial score (nSPS) is 14.0. The van der Waals surface area contributed by atoms with Crippen molar-refractivity contribution in [2.24, 2.45) is 5.73 Å². The summed E-state index contributed by atoms with van der Waals surface area (Å²) in [7, 11) is 0. The zero-order valence-corrected chi connectivity index (χ0v) is 14.2. The fraction of sp³-hybridized carbons (Fsp3) is 0.300. The molecule has 0 aromatic heterocycles. The molecule has 0 aliphatic carbocycles. The topological polar surface area (TPSA) is 75.4 Å². The van der Waals surface area contributed by atoms with Crippen molar-refractivity contribution in [3.63, 3.8) is 0 Å². The Balaban J connectivity index is 1.43. The number of hydrogen-bond donors (Lipinski definition) is 2. The van der Waals surface area contributed by atoms with E-state index in [-0.39, 0.29) is 11.8 Å². The molecular weight excluding hydrogens is 314 g/mol. The predicted molar refractivity (Wildman–Crippen MR) is 98.1 cm³/mol. The standard InChI is InChI=1S/C20H23N3O2/c21-19(16-8-2-1-3-9-16)20(25)22-13-6-11-18(24)23-14-12-15-7-4-5-10-17(15)23/h1-5,7-10,19H,6,11-14,21H2,(H,22,25). The molecule has 0 radical (unpaired) electrons. The molecule has 25 heavy (non-hydrogen) atoms. The minimum Gasteiger partial charge on any atom is -0.354 e. The molecular formula is C20H23N3O2. The Hall–Kier alpha value is -2.66. The molecule has 0 saturated heterocycles. The molecule has 3 rings (SSSR count). The number of hydrogen-bond acceptors (Lipinski definition) is 3. The van der Waals surface area contributed by atoms with Crippen LogP contribution in [0.2, 0.25) is 0 Å². The van der Waals surface area contributed by atoms with Crippen LogP contribution in [0.5, 0.6) is 0 Å². The van der Waals surface area contributed by atoms with Crippen LogP contribution in [0.1, 0.15) is 30.0 Å². The first-order valence-electron chi connectivity index (χ1n) is 8.63. The van der Waals surface area contributed by atoms with Crippen LogP contribution < -0.4 is 16.0 Å². The molecule has 0 saturated carbocycles. The SMILES string of the molecule is NC(C(=O)NCCCC(=O)N1CCc2ccccc21)c1ccccc1. The molecule has 130 valence electrons. The molecule has 2 aromatic carbocycles. The lowest BCUT2D eigenvalue weighted by Gasteiger charge is -2.17. The Bertz CT molecular complexity index is 746. The molecule has 2 amide bonds. The second kappa shape index (κ2) is 7.94. The highest BCUT2D eigenvalue weighted by Gasteiger charge is 2.23. The molecule has 0 fully saturated rings. The van der Waals surface area contributed by atoms with E-state index in [1.807, 2.05) is 53.4 Å². The number of anilines is 1. The van der Waals surface area contributed by atoms with Gasteiger partial charge in [0, 0.05) is 25.2 Å². The number of carbonyl (C=O) groups is 2. The van der Waals surface area contributed by atoms with Crippen molar-refractivity contribution in [3.8, 4) is 0 Å². The van der Waals surface area contributed by atoms with Crippen molar-refractivity contribution in [1.82, 2.24) is 5.32 Å². The lowest BCUT2D eigenvalue weighted by molar-refractivity contribution is -0.123. The maximum atomic E-state index is 12.4. The van der Waals surface area contributed by atoms with Crippen LogP contribution in [0.15, 0.2) is 54.6 Å². The van der Waals surface area contributed by atoms with Gasteiger partial charge in [0.25, 0.3) is 0 Å². The average Bonchev–Trinajstić information content (AvgIpc) is 3.09. The Morgan fingerprint density at radius 2 is 1.80 bits per heavy atom. The van der Waals surface area contributed by atoms with Crippen LogP contribution in [-0.2, 0) is 16.0 Å². The van der Waals surface area contributed by atoms with E-state index >= 15 is 0 Å². The Morgan fingerprint density at radius 3 is 2.60 bits per heavy atom. The van der Waals surface area contributed by atoms with Gasteiger partial charge in [0.05, 0.1) is 0 Å². The van der Waals surface area contributed by atoms with Crippen molar-refractivity contribution in [2.75, 3.05) is 18.0 Å². The zero-order valence-electron chi connectivity index (χ0n) is 14.2. The fourth-order valence-electron chi connectivity index (χ4n) is 3.11. The van der Waals surface area contributed by atoms with Crippen LogP contribution in [0.4, 0.5) is 5.69 Å². The highest BCUT2D eigenvalue weighted by atomic mass is 16.2. The Labute approximate surface area is 147 Å². The number of nitrogens with two attached hydrogens (primary N) is 1. The van der Waals surface area contributed by atoms with E-state index in [0.717, 1.165) is 24.2 Å². The molecule has 1 unspecified atom stereocenters. The van der Waals surface area contributed by atoms with Gasteiger partial charge in [-0.15, -0.1) is 0 Å². The van der Waals surface area contributed by atoms with Crippen molar-refractivity contribution in [3.05, 3.63) is 65.7 Å². The van der Waals surface area contributed by atoms with E-state index in [2.05, 4.69) is 11.4 Å². The van der Waals surface area contributed by atoms with E-state index in [1.54, 1.807) is 0 Å². The lowest BCUT2D eigenvalue weighted by Crippen LogP contribution is -2.35. The largest absolute Gasteiger partial charge is 0.354 e. The monoisotopic (exact) mass is 337 g/mol. The van der Waals surface area contributed by atoms with E-state index in [9.17, 15) is 9.59 Å². The molecule has 3 N–H and O–H groups in total. The highest BCUT2D eigenvalue weighted by molar-refractivity contribution is 5.95. The number of nitrogens with one attached hydrogen (secondary N) is 1. The average molecular weight is 337 g/mol. The molecule has 5 heteroatoms. The van der Waals surface area contributed by atoms with Gasteiger partial charge in [-0.2, -0.15) is 0 Å². The van der Waals surface area contributed by atoms with Crippen molar-refractivity contribution >= 4 is 17.5 Å². The van der Waals surface area contributed by atoms with Crippen molar-refractivity contribution in [2.45, 2.75) is 25.3 Å². The molecule has 1 aliphatic heterocycles. The summed E-state index contributed by atoms with van der Waals surface area (Å²) in [5.74, 6) is -0.114. The molecule has 0 spiro atoms. The van der Waals surface area contributed by atoms with Crippen LogP contribution in [0, 0.1) is 0 Å². The number of benzene rings is 2. The number of amides is 2. The molecule has 1 aliphatic rings. The first-order chi connectivity index (χ1) is 12.2. The first kappa shape index (κ1) is 17.2. The van der Waals surface area contributed by atoms with Crippen LogP contribution >= 0.6 is 0 Å². The predicted octanol–water partition coefficient (Wildman–Crippen LogP) is 2.17. The molecule has 0 bridgehead atoms. The summed E-state index contributed by atoms with van der Waals surface area (Å²) in [5, 5.41) is 2.81. The fourth-order valence-corrected chi connectivity index (χ4v) is 3.11. The quantitative estimate of drug-likeness (QED) is 0.793. The molecule has 2 aromatic rings. The van der Waals surface area contributed by atoms with Gasteiger partial charge >= 0.3 is 0 Å². The third kappa shape index (κ3) is 4.06. The zero-order chi connectivity index (χ0) is 17.6. The maximum absolute atomic E-state index is 12.4. The van der Waals surface area contributed by atoms with E-state index in [1.165, 1.54) is 5.56 Å². The van der Waals surface area contributed by atoms with Crippen LogP contribution in [-0.4, -0.2) is 24.9 Å². The third-order valence-electron chi connectivity index (χ3n) is 4.50. The Kier molecular flexibility index (Phi) is 5.46.